The van der Waals surface area contributed by atoms with E-state index in [2.05, 4.69) is 19.1 Å². The van der Waals surface area contributed by atoms with Crippen molar-refractivity contribution in [1.82, 2.24) is 0 Å². The Morgan fingerprint density at radius 2 is 1.32 bits per heavy atom. The number of halogens is 3. The quantitative estimate of drug-likeness (QED) is 0.349. The fraction of sp³-hybridized carbons (Fsp3) is 0.680. The summed E-state index contributed by atoms with van der Waals surface area (Å²) in [6.07, 6.45) is 17.6. The first-order chi connectivity index (χ1) is 13.5. The Morgan fingerprint density at radius 1 is 0.786 bits per heavy atom. The fourth-order valence-electron chi connectivity index (χ4n) is 6.57. The predicted octanol–water partition coefficient (Wildman–Crippen LogP) is 8.30. The molecule has 154 valence electrons. The average molecular weight is 407 g/mol. The largest absolute Gasteiger partial charge is 0.205 e. The van der Waals surface area contributed by atoms with Gasteiger partial charge in [-0.3, -0.25) is 0 Å². The molecule has 4 atom stereocenters. The molecular formula is C25H33ClF2. The third kappa shape index (κ3) is 4.32. The highest BCUT2D eigenvalue weighted by atomic mass is 35.5. The van der Waals surface area contributed by atoms with E-state index >= 15 is 0 Å². The standard InChI is InChI=1S/C25H33ClF2/c1-2-3-16-4-5-21-13-20(11-10-19(21)12-16)17-6-8-18(9-7-17)22-14-23(27)25(26)24(28)15-22/h2-3,14-21H,4-13H2,1H3/b3-2+. The average Bonchev–Trinajstić information content (AvgIpc) is 2.71. The molecule has 0 aliphatic heterocycles. The van der Waals surface area contributed by atoms with Crippen molar-refractivity contribution < 1.29 is 8.78 Å². The van der Waals surface area contributed by atoms with Crippen molar-refractivity contribution in [2.24, 2.45) is 29.6 Å². The Labute approximate surface area is 173 Å². The lowest BCUT2D eigenvalue weighted by Crippen LogP contribution is -2.34. The van der Waals surface area contributed by atoms with E-state index in [-0.39, 0.29) is 10.9 Å². The second-order valence-corrected chi connectivity index (χ2v) is 9.98. The van der Waals surface area contributed by atoms with Crippen LogP contribution in [0.5, 0.6) is 0 Å². The van der Waals surface area contributed by atoms with Crippen LogP contribution < -0.4 is 0 Å². The zero-order valence-corrected chi connectivity index (χ0v) is 17.7. The maximum absolute atomic E-state index is 13.8. The van der Waals surface area contributed by atoms with Gasteiger partial charge in [0.25, 0.3) is 0 Å². The van der Waals surface area contributed by atoms with Gasteiger partial charge in [-0.2, -0.15) is 0 Å². The summed E-state index contributed by atoms with van der Waals surface area (Å²) >= 11 is 5.64. The maximum atomic E-state index is 13.8. The molecule has 4 unspecified atom stereocenters. The van der Waals surface area contributed by atoms with Crippen LogP contribution in [0, 0.1) is 41.2 Å². The monoisotopic (exact) mass is 406 g/mol. The molecule has 28 heavy (non-hydrogen) atoms. The summed E-state index contributed by atoms with van der Waals surface area (Å²) in [6.45, 7) is 2.14. The lowest BCUT2D eigenvalue weighted by Gasteiger charge is -2.45. The molecule has 3 saturated carbocycles. The van der Waals surface area contributed by atoms with Crippen molar-refractivity contribution in [3.63, 3.8) is 0 Å². The summed E-state index contributed by atoms with van der Waals surface area (Å²) in [5.74, 6) is 3.44. The number of hydrogen-bond acceptors (Lipinski definition) is 0. The van der Waals surface area contributed by atoms with Crippen LogP contribution in [-0.4, -0.2) is 0 Å². The van der Waals surface area contributed by atoms with Gasteiger partial charge in [0.1, 0.15) is 16.7 Å². The van der Waals surface area contributed by atoms with Crippen LogP contribution in [-0.2, 0) is 0 Å². The molecule has 4 rings (SSSR count). The van der Waals surface area contributed by atoms with Crippen molar-refractivity contribution in [3.8, 4) is 0 Å². The van der Waals surface area contributed by atoms with E-state index in [0.29, 0.717) is 0 Å². The number of benzene rings is 1. The topological polar surface area (TPSA) is 0 Å². The second kappa shape index (κ2) is 8.86. The lowest BCUT2D eigenvalue weighted by atomic mass is 9.61. The summed E-state index contributed by atoms with van der Waals surface area (Å²) in [4.78, 5) is 0. The molecule has 0 N–H and O–H groups in total. The van der Waals surface area contributed by atoms with Crippen LogP contribution in [0.2, 0.25) is 5.02 Å². The summed E-state index contributed by atoms with van der Waals surface area (Å²) in [6, 6.07) is 2.90. The molecule has 3 aliphatic carbocycles. The van der Waals surface area contributed by atoms with Gasteiger partial charge in [-0.05, 0) is 124 Å². The third-order valence-corrected chi connectivity index (χ3v) is 8.44. The van der Waals surface area contributed by atoms with E-state index in [4.69, 9.17) is 11.6 Å². The van der Waals surface area contributed by atoms with Crippen molar-refractivity contribution in [2.45, 2.75) is 77.0 Å². The van der Waals surface area contributed by atoms with E-state index in [9.17, 15) is 8.78 Å². The molecule has 0 heterocycles. The molecule has 0 saturated heterocycles. The molecule has 0 radical (unpaired) electrons. The molecule has 0 amide bonds. The molecule has 3 fully saturated rings. The van der Waals surface area contributed by atoms with Crippen LogP contribution in [0.1, 0.15) is 82.6 Å². The molecule has 1 aromatic rings. The molecule has 0 nitrogen and oxygen atoms in total. The SMILES string of the molecule is C/C=C/C1CCC2CC(C3CCC(c4cc(F)c(Cl)c(F)c4)CC3)CCC2C1. The van der Waals surface area contributed by atoms with Crippen LogP contribution in [0.15, 0.2) is 24.3 Å². The lowest BCUT2D eigenvalue weighted by molar-refractivity contribution is 0.0718. The highest BCUT2D eigenvalue weighted by Crippen LogP contribution is 2.50. The molecular weight excluding hydrogens is 374 g/mol. The predicted molar refractivity (Wildman–Crippen MR) is 113 cm³/mol. The summed E-state index contributed by atoms with van der Waals surface area (Å²) in [5, 5.41) is -0.377. The first-order valence-electron chi connectivity index (χ1n) is 11.3. The van der Waals surface area contributed by atoms with Gasteiger partial charge >= 0.3 is 0 Å². The smallest absolute Gasteiger partial charge is 0.145 e. The molecule has 0 spiro atoms. The van der Waals surface area contributed by atoms with E-state index in [1.54, 1.807) is 0 Å². The van der Waals surface area contributed by atoms with Gasteiger partial charge in [0, 0.05) is 0 Å². The van der Waals surface area contributed by atoms with Crippen molar-refractivity contribution in [1.29, 1.82) is 0 Å². The maximum Gasteiger partial charge on any atom is 0.145 e. The van der Waals surface area contributed by atoms with Gasteiger partial charge < -0.3 is 0 Å². The Morgan fingerprint density at radius 3 is 1.96 bits per heavy atom. The minimum atomic E-state index is -0.620. The van der Waals surface area contributed by atoms with Crippen LogP contribution in [0.3, 0.4) is 0 Å². The van der Waals surface area contributed by atoms with Crippen LogP contribution in [0.4, 0.5) is 8.78 Å². The van der Waals surface area contributed by atoms with Crippen LogP contribution in [0.25, 0.3) is 0 Å². The van der Waals surface area contributed by atoms with Gasteiger partial charge in [-0.15, -0.1) is 0 Å². The second-order valence-electron chi connectivity index (χ2n) is 9.60. The highest BCUT2D eigenvalue weighted by Gasteiger charge is 2.38. The first kappa shape index (κ1) is 20.4. The molecule has 1 aromatic carbocycles. The van der Waals surface area contributed by atoms with Crippen molar-refractivity contribution in [2.75, 3.05) is 0 Å². The first-order valence-corrected chi connectivity index (χ1v) is 11.7. The fourth-order valence-corrected chi connectivity index (χ4v) is 6.68. The zero-order chi connectivity index (χ0) is 19.7. The normalized spacial score (nSPS) is 36.4. The third-order valence-electron chi connectivity index (χ3n) is 8.07. The molecule has 3 heteroatoms. The minimum Gasteiger partial charge on any atom is -0.205 e. The zero-order valence-electron chi connectivity index (χ0n) is 17.0. The van der Waals surface area contributed by atoms with Gasteiger partial charge in [0.05, 0.1) is 0 Å². The van der Waals surface area contributed by atoms with Crippen LogP contribution >= 0.6 is 11.6 Å². The highest BCUT2D eigenvalue weighted by molar-refractivity contribution is 6.30. The number of hydrogen-bond donors (Lipinski definition) is 0. The van der Waals surface area contributed by atoms with Gasteiger partial charge in [0.2, 0.25) is 0 Å². The van der Waals surface area contributed by atoms with E-state index in [1.165, 1.54) is 63.5 Å². The molecule has 0 aromatic heterocycles. The Hall–Kier alpha value is -0.890. The van der Waals surface area contributed by atoms with E-state index < -0.39 is 11.6 Å². The summed E-state index contributed by atoms with van der Waals surface area (Å²) in [7, 11) is 0. The summed E-state index contributed by atoms with van der Waals surface area (Å²) in [5.41, 5.74) is 0.795. The van der Waals surface area contributed by atoms with Gasteiger partial charge in [0.15, 0.2) is 0 Å². The van der Waals surface area contributed by atoms with Crippen molar-refractivity contribution >= 4 is 11.6 Å². The Kier molecular flexibility index (Phi) is 6.45. The van der Waals surface area contributed by atoms with Gasteiger partial charge in [-0.1, -0.05) is 23.8 Å². The number of fused-ring (bicyclic) bond motifs is 1. The Balaban J connectivity index is 1.31. The van der Waals surface area contributed by atoms with E-state index in [0.717, 1.165) is 48.0 Å². The number of rotatable bonds is 3. The van der Waals surface area contributed by atoms with E-state index in [1.807, 2.05) is 0 Å². The van der Waals surface area contributed by atoms with Gasteiger partial charge in [-0.25, -0.2) is 8.78 Å². The Bertz CT molecular complexity index is 681. The molecule has 0 bridgehead atoms. The molecule has 3 aliphatic rings. The minimum absolute atomic E-state index is 0.283. The van der Waals surface area contributed by atoms with Crippen molar-refractivity contribution in [3.05, 3.63) is 46.5 Å². The number of allylic oxidation sites excluding steroid dienone is 2. The summed E-state index contributed by atoms with van der Waals surface area (Å²) < 4.78 is 27.6.